The first-order valence-electron chi connectivity index (χ1n) is 7.73. The second kappa shape index (κ2) is 6.49. The van der Waals surface area contributed by atoms with E-state index in [1.165, 1.54) is 0 Å². The minimum absolute atomic E-state index is 0.432. The molecular weight excluding hydrogens is 280 g/mol. The third-order valence-electron chi connectivity index (χ3n) is 4.00. The van der Waals surface area contributed by atoms with Gasteiger partial charge in [0.15, 0.2) is 0 Å². The van der Waals surface area contributed by atoms with E-state index in [2.05, 4.69) is 41.7 Å². The number of rotatable bonds is 4. The minimum atomic E-state index is -0.574. The Kier molecular flexibility index (Phi) is 4.24. The number of nitrogens with one attached hydrogen (secondary N) is 2. The zero-order valence-electron chi connectivity index (χ0n) is 13.2. The van der Waals surface area contributed by atoms with Crippen LogP contribution in [-0.4, -0.2) is 5.84 Å². The predicted molar refractivity (Wildman–Crippen MR) is 95.7 cm³/mol. The monoisotopic (exact) mass is 300 g/mol. The Morgan fingerprint density at radius 3 is 1.22 bits per heavy atom. The Labute approximate surface area is 137 Å². The molecule has 0 aromatic heterocycles. The lowest BCUT2D eigenvalue weighted by Gasteiger charge is -2.37. The fourth-order valence-corrected chi connectivity index (χ4v) is 3.06. The summed E-state index contributed by atoms with van der Waals surface area (Å²) in [5.41, 5.74) is 2.77. The van der Waals surface area contributed by atoms with Crippen molar-refractivity contribution in [3.8, 4) is 0 Å². The fraction of sp³-hybridized carbons (Fsp3) is 0.0952. The topological polar surface area (TPSA) is 35.9 Å². The first-order chi connectivity index (χ1) is 11.2. The van der Waals surface area contributed by atoms with Crippen molar-refractivity contribution in [2.24, 2.45) is 0 Å². The van der Waals surface area contributed by atoms with Gasteiger partial charge in [-0.2, -0.15) is 0 Å². The zero-order valence-corrected chi connectivity index (χ0v) is 13.2. The van der Waals surface area contributed by atoms with Crippen molar-refractivity contribution >= 4 is 5.84 Å². The Bertz CT molecular complexity index is 668. The van der Waals surface area contributed by atoms with Gasteiger partial charge in [-0.15, -0.1) is 0 Å². The zero-order chi connectivity index (χ0) is 16.1. The molecule has 0 saturated carbocycles. The molecule has 0 radical (unpaired) electrons. The average Bonchev–Trinajstić information content (AvgIpc) is 2.62. The summed E-state index contributed by atoms with van der Waals surface area (Å²) in [7, 11) is 0. The summed E-state index contributed by atoms with van der Waals surface area (Å²) in [6, 6.07) is 30.9. The molecule has 114 valence electrons. The van der Waals surface area contributed by atoms with E-state index < -0.39 is 5.54 Å². The van der Waals surface area contributed by atoms with Gasteiger partial charge in [0, 0.05) is 0 Å². The highest BCUT2D eigenvalue weighted by Gasteiger charge is 2.36. The van der Waals surface area contributed by atoms with Crippen LogP contribution in [0, 0.1) is 5.41 Å². The van der Waals surface area contributed by atoms with Crippen LogP contribution in [-0.2, 0) is 5.54 Å². The third kappa shape index (κ3) is 2.88. The molecule has 0 aliphatic heterocycles. The highest BCUT2D eigenvalue weighted by Crippen LogP contribution is 2.36. The second-order valence-corrected chi connectivity index (χ2v) is 5.60. The molecule has 0 aliphatic rings. The van der Waals surface area contributed by atoms with Crippen molar-refractivity contribution in [3.05, 3.63) is 108 Å². The summed E-state index contributed by atoms with van der Waals surface area (Å²) in [6.45, 7) is 1.78. The van der Waals surface area contributed by atoms with Crippen molar-refractivity contribution in [1.82, 2.24) is 5.32 Å². The van der Waals surface area contributed by atoms with Crippen LogP contribution >= 0.6 is 0 Å². The quantitative estimate of drug-likeness (QED) is 0.413. The summed E-state index contributed by atoms with van der Waals surface area (Å²) in [5, 5.41) is 11.5. The molecule has 0 fully saturated rings. The van der Waals surface area contributed by atoms with Gasteiger partial charge in [-0.3, -0.25) is 5.41 Å². The summed E-state index contributed by atoms with van der Waals surface area (Å²) in [6.07, 6.45) is 0. The predicted octanol–water partition coefficient (Wildman–Crippen LogP) is 4.57. The van der Waals surface area contributed by atoms with E-state index in [-0.39, 0.29) is 0 Å². The van der Waals surface area contributed by atoms with Crippen molar-refractivity contribution in [1.29, 1.82) is 5.41 Å². The molecule has 0 bridgehead atoms. The Hall–Kier alpha value is -2.87. The highest BCUT2D eigenvalue weighted by molar-refractivity contribution is 5.79. The van der Waals surface area contributed by atoms with Crippen LogP contribution in [0.4, 0.5) is 0 Å². The molecule has 0 amide bonds. The van der Waals surface area contributed by atoms with Gasteiger partial charge >= 0.3 is 0 Å². The molecule has 0 heterocycles. The fourth-order valence-electron chi connectivity index (χ4n) is 3.06. The summed E-state index contributed by atoms with van der Waals surface area (Å²) in [5.74, 6) is 0.432. The van der Waals surface area contributed by atoms with E-state index in [9.17, 15) is 0 Å². The maximum absolute atomic E-state index is 8.09. The van der Waals surface area contributed by atoms with Gasteiger partial charge in [-0.25, -0.2) is 0 Å². The molecule has 3 aromatic rings. The molecule has 0 unspecified atom stereocenters. The van der Waals surface area contributed by atoms with E-state index in [0.717, 1.165) is 16.7 Å². The van der Waals surface area contributed by atoms with Crippen LogP contribution in [0.1, 0.15) is 23.6 Å². The standard InChI is InChI=1S/C21H20N2/c1-17(22)23-21(18-11-5-2-6-12-18,19-13-7-3-8-14-19)20-15-9-4-10-16-20/h2-16H,1H3,(H2,22,23). The maximum Gasteiger partial charge on any atom is 0.115 e. The van der Waals surface area contributed by atoms with Gasteiger partial charge in [-0.1, -0.05) is 91.0 Å². The van der Waals surface area contributed by atoms with Gasteiger partial charge in [0.1, 0.15) is 5.54 Å². The normalized spacial score (nSPS) is 11.0. The lowest BCUT2D eigenvalue weighted by Crippen LogP contribution is -2.46. The molecule has 2 nitrogen and oxygen atoms in total. The van der Waals surface area contributed by atoms with E-state index in [0.29, 0.717) is 5.84 Å². The number of hydrogen-bond acceptors (Lipinski definition) is 1. The Morgan fingerprint density at radius 2 is 0.957 bits per heavy atom. The van der Waals surface area contributed by atoms with Gasteiger partial charge in [0.05, 0.1) is 5.84 Å². The molecule has 3 aromatic carbocycles. The van der Waals surface area contributed by atoms with Crippen LogP contribution in [0.3, 0.4) is 0 Å². The molecule has 2 heteroatoms. The second-order valence-electron chi connectivity index (χ2n) is 5.60. The van der Waals surface area contributed by atoms with Crippen LogP contribution in [0.25, 0.3) is 0 Å². The highest BCUT2D eigenvalue weighted by atomic mass is 15.0. The molecule has 23 heavy (non-hydrogen) atoms. The smallest absolute Gasteiger partial charge is 0.115 e. The molecule has 0 saturated heterocycles. The van der Waals surface area contributed by atoms with Crippen LogP contribution in [0.5, 0.6) is 0 Å². The molecular formula is C21H20N2. The first-order valence-corrected chi connectivity index (χ1v) is 7.73. The van der Waals surface area contributed by atoms with Crippen LogP contribution < -0.4 is 5.32 Å². The number of benzene rings is 3. The lowest BCUT2D eigenvalue weighted by atomic mass is 9.77. The maximum atomic E-state index is 8.09. The van der Waals surface area contributed by atoms with E-state index in [4.69, 9.17) is 5.41 Å². The molecule has 0 spiro atoms. The molecule has 2 N–H and O–H groups in total. The van der Waals surface area contributed by atoms with Crippen molar-refractivity contribution in [2.45, 2.75) is 12.5 Å². The first kappa shape index (κ1) is 15.0. The largest absolute Gasteiger partial charge is 0.357 e. The summed E-state index contributed by atoms with van der Waals surface area (Å²) >= 11 is 0. The Morgan fingerprint density at radius 1 is 0.652 bits per heavy atom. The van der Waals surface area contributed by atoms with Crippen molar-refractivity contribution < 1.29 is 0 Å². The van der Waals surface area contributed by atoms with Crippen LogP contribution in [0.2, 0.25) is 0 Å². The van der Waals surface area contributed by atoms with E-state index in [1.54, 1.807) is 6.92 Å². The molecule has 0 atom stereocenters. The molecule has 3 rings (SSSR count). The number of amidine groups is 1. The third-order valence-corrected chi connectivity index (χ3v) is 4.00. The minimum Gasteiger partial charge on any atom is -0.357 e. The van der Waals surface area contributed by atoms with Gasteiger partial charge < -0.3 is 5.32 Å². The lowest BCUT2D eigenvalue weighted by molar-refractivity contribution is 0.571. The van der Waals surface area contributed by atoms with Gasteiger partial charge in [-0.05, 0) is 23.6 Å². The Balaban J connectivity index is 2.32. The average molecular weight is 300 g/mol. The molecule has 0 aliphatic carbocycles. The van der Waals surface area contributed by atoms with Gasteiger partial charge in [0.25, 0.3) is 0 Å². The van der Waals surface area contributed by atoms with Gasteiger partial charge in [0.2, 0.25) is 0 Å². The SMILES string of the molecule is CC(=N)NC(c1ccccc1)(c1ccccc1)c1ccccc1. The van der Waals surface area contributed by atoms with E-state index >= 15 is 0 Å². The van der Waals surface area contributed by atoms with E-state index in [1.807, 2.05) is 54.6 Å². The number of hydrogen-bond donors (Lipinski definition) is 2. The van der Waals surface area contributed by atoms with Crippen molar-refractivity contribution in [3.63, 3.8) is 0 Å². The van der Waals surface area contributed by atoms with Crippen molar-refractivity contribution in [2.75, 3.05) is 0 Å². The van der Waals surface area contributed by atoms with Crippen LogP contribution in [0.15, 0.2) is 91.0 Å². The summed E-state index contributed by atoms with van der Waals surface area (Å²) < 4.78 is 0. The summed E-state index contributed by atoms with van der Waals surface area (Å²) in [4.78, 5) is 0.